The molecule has 4 rings (SSSR count). The highest BCUT2D eigenvalue weighted by Crippen LogP contribution is 2.29. The molecule has 2 amide bonds. The number of nitro benzene ring substituents is 1. The first-order chi connectivity index (χ1) is 16.3. The molecule has 1 fully saturated rings. The summed E-state index contributed by atoms with van der Waals surface area (Å²) in [5.74, 6) is -0.293. The summed E-state index contributed by atoms with van der Waals surface area (Å²) in [6.07, 6.45) is 4.43. The number of hydrogen-bond donors (Lipinski definition) is 1. The summed E-state index contributed by atoms with van der Waals surface area (Å²) in [5, 5.41) is 18.1. The van der Waals surface area contributed by atoms with E-state index in [1.807, 2.05) is 0 Å². The Morgan fingerprint density at radius 3 is 2.71 bits per heavy atom. The zero-order valence-corrected chi connectivity index (χ0v) is 18.9. The van der Waals surface area contributed by atoms with E-state index in [4.69, 9.17) is 9.15 Å². The SMILES string of the molecule is Cc1ccc(OCc2ccc(C(=O)Nc3cnn(C)c3C(=O)N3CCCCC3)o2)c([N+](=O)[O-])c1. The maximum atomic E-state index is 13.0. The molecule has 11 heteroatoms. The van der Waals surface area contributed by atoms with Crippen LogP contribution in [0.25, 0.3) is 0 Å². The van der Waals surface area contributed by atoms with E-state index >= 15 is 0 Å². The second-order valence-electron chi connectivity index (χ2n) is 8.12. The van der Waals surface area contributed by atoms with Gasteiger partial charge in [-0.1, -0.05) is 6.07 Å². The second kappa shape index (κ2) is 9.77. The molecule has 0 saturated carbocycles. The van der Waals surface area contributed by atoms with Crippen molar-refractivity contribution in [3.05, 3.63) is 69.4 Å². The Balaban J connectivity index is 1.43. The van der Waals surface area contributed by atoms with Gasteiger partial charge in [0.15, 0.2) is 11.5 Å². The summed E-state index contributed by atoms with van der Waals surface area (Å²) in [5.41, 5.74) is 1.20. The minimum Gasteiger partial charge on any atom is -0.479 e. The molecule has 3 aromatic rings. The van der Waals surface area contributed by atoms with Crippen LogP contribution in [0, 0.1) is 17.0 Å². The first-order valence-corrected chi connectivity index (χ1v) is 10.9. The highest BCUT2D eigenvalue weighted by atomic mass is 16.6. The molecule has 0 spiro atoms. The number of aromatic nitrogens is 2. The summed E-state index contributed by atoms with van der Waals surface area (Å²) in [4.78, 5) is 38.2. The number of aryl methyl sites for hydroxylation is 2. The average Bonchev–Trinajstić information content (AvgIpc) is 3.45. The number of nitro groups is 1. The highest BCUT2D eigenvalue weighted by Gasteiger charge is 2.26. The van der Waals surface area contributed by atoms with Crippen LogP contribution in [0.3, 0.4) is 0 Å². The Morgan fingerprint density at radius 2 is 1.97 bits per heavy atom. The van der Waals surface area contributed by atoms with Crippen LogP contribution >= 0.6 is 0 Å². The first-order valence-electron chi connectivity index (χ1n) is 10.9. The van der Waals surface area contributed by atoms with Gasteiger partial charge >= 0.3 is 5.69 Å². The van der Waals surface area contributed by atoms with Crippen molar-refractivity contribution in [2.45, 2.75) is 32.8 Å². The van der Waals surface area contributed by atoms with Crippen LogP contribution in [0.4, 0.5) is 11.4 Å². The van der Waals surface area contributed by atoms with E-state index in [2.05, 4.69) is 10.4 Å². The third kappa shape index (κ3) is 4.92. The van der Waals surface area contributed by atoms with Crippen LogP contribution in [-0.2, 0) is 13.7 Å². The van der Waals surface area contributed by atoms with Crippen molar-refractivity contribution in [1.82, 2.24) is 14.7 Å². The minimum atomic E-state index is -0.548. The number of nitrogens with one attached hydrogen (secondary N) is 1. The summed E-state index contributed by atoms with van der Waals surface area (Å²) in [6.45, 7) is 3.01. The lowest BCUT2D eigenvalue weighted by molar-refractivity contribution is -0.386. The molecule has 0 atom stereocenters. The van der Waals surface area contributed by atoms with E-state index < -0.39 is 10.8 Å². The molecular weight excluding hydrogens is 442 g/mol. The minimum absolute atomic E-state index is 0.0113. The largest absolute Gasteiger partial charge is 0.479 e. The van der Waals surface area contributed by atoms with Crippen LogP contribution in [-0.4, -0.2) is 44.5 Å². The number of likely N-dealkylation sites (tertiary alicyclic amines) is 1. The molecule has 11 nitrogen and oxygen atoms in total. The highest BCUT2D eigenvalue weighted by molar-refractivity contribution is 6.07. The van der Waals surface area contributed by atoms with Gasteiger partial charge in [0.1, 0.15) is 18.1 Å². The number of amides is 2. The zero-order valence-electron chi connectivity index (χ0n) is 18.9. The van der Waals surface area contributed by atoms with Gasteiger partial charge < -0.3 is 19.4 Å². The average molecular weight is 467 g/mol. The van der Waals surface area contributed by atoms with E-state index in [9.17, 15) is 19.7 Å². The molecule has 0 radical (unpaired) electrons. The predicted molar refractivity (Wildman–Crippen MR) is 122 cm³/mol. The van der Waals surface area contributed by atoms with Crippen molar-refractivity contribution >= 4 is 23.2 Å². The fraction of sp³-hybridized carbons (Fsp3) is 0.348. The lowest BCUT2D eigenvalue weighted by Gasteiger charge is -2.27. The monoisotopic (exact) mass is 467 g/mol. The third-order valence-corrected chi connectivity index (χ3v) is 5.60. The van der Waals surface area contributed by atoms with Crippen LogP contribution in [0.5, 0.6) is 5.75 Å². The van der Waals surface area contributed by atoms with Gasteiger partial charge in [-0.2, -0.15) is 5.10 Å². The number of piperidine rings is 1. The van der Waals surface area contributed by atoms with Gasteiger partial charge in [-0.3, -0.25) is 24.4 Å². The predicted octanol–water partition coefficient (Wildman–Crippen LogP) is 3.69. The Bertz CT molecular complexity index is 1220. The zero-order chi connectivity index (χ0) is 24.2. The van der Waals surface area contributed by atoms with E-state index in [-0.39, 0.29) is 29.7 Å². The van der Waals surface area contributed by atoms with Crippen molar-refractivity contribution in [1.29, 1.82) is 0 Å². The van der Waals surface area contributed by atoms with Gasteiger partial charge in [-0.15, -0.1) is 0 Å². The van der Waals surface area contributed by atoms with Crippen molar-refractivity contribution in [3.8, 4) is 5.75 Å². The van der Waals surface area contributed by atoms with Crippen molar-refractivity contribution in [2.75, 3.05) is 18.4 Å². The Kier molecular flexibility index (Phi) is 6.62. The van der Waals surface area contributed by atoms with Crippen LogP contribution in [0.1, 0.15) is 51.6 Å². The van der Waals surface area contributed by atoms with Crippen LogP contribution in [0.2, 0.25) is 0 Å². The van der Waals surface area contributed by atoms with Gasteiger partial charge in [-0.25, -0.2) is 0 Å². The Hall–Kier alpha value is -4.15. The second-order valence-corrected chi connectivity index (χ2v) is 8.12. The number of anilines is 1. The van der Waals surface area contributed by atoms with Crippen molar-refractivity contribution in [2.24, 2.45) is 7.05 Å². The summed E-state index contributed by atoms with van der Waals surface area (Å²) < 4.78 is 12.5. The quantitative estimate of drug-likeness (QED) is 0.414. The molecule has 0 unspecified atom stereocenters. The van der Waals surface area contributed by atoms with Gasteiger partial charge in [-0.05, 0) is 49.9 Å². The lowest BCUT2D eigenvalue weighted by Crippen LogP contribution is -2.37. The number of hydrogen-bond acceptors (Lipinski definition) is 7. The molecule has 3 heterocycles. The molecule has 1 N–H and O–H groups in total. The molecule has 1 aliphatic heterocycles. The van der Waals surface area contributed by atoms with Gasteiger partial charge in [0.2, 0.25) is 0 Å². The fourth-order valence-corrected chi connectivity index (χ4v) is 3.83. The number of carbonyl (C=O) groups is 2. The number of carbonyl (C=O) groups excluding carboxylic acids is 2. The number of ether oxygens (including phenoxy) is 1. The van der Waals surface area contributed by atoms with Gasteiger partial charge in [0, 0.05) is 26.2 Å². The maximum Gasteiger partial charge on any atom is 0.311 e. The summed E-state index contributed by atoms with van der Waals surface area (Å²) >= 11 is 0. The number of nitrogens with zero attached hydrogens (tertiary/aromatic N) is 4. The number of rotatable bonds is 7. The summed E-state index contributed by atoms with van der Waals surface area (Å²) in [6, 6.07) is 7.68. The van der Waals surface area contributed by atoms with E-state index in [1.165, 1.54) is 29.1 Å². The summed E-state index contributed by atoms with van der Waals surface area (Å²) in [7, 11) is 1.65. The normalized spacial score (nSPS) is 13.5. The molecule has 0 bridgehead atoms. The van der Waals surface area contributed by atoms with Crippen LogP contribution in [0.15, 0.2) is 40.9 Å². The maximum absolute atomic E-state index is 13.0. The van der Waals surface area contributed by atoms with Crippen LogP contribution < -0.4 is 10.1 Å². The topological polar surface area (TPSA) is 133 Å². The molecule has 1 saturated heterocycles. The Morgan fingerprint density at radius 1 is 1.21 bits per heavy atom. The van der Waals surface area contributed by atoms with Crippen molar-refractivity contribution in [3.63, 3.8) is 0 Å². The van der Waals surface area contributed by atoms with Crippen molar-refractivity contribution < 1.29 is 23.7 Å². The number of benzene rings is 1. The fourth-order valence-electron chi connectivity index (χ4n) is 3.83. The molecule has 2 aromatic heterocycles. The van der Waals surface area contributed by atoms with E-state index in [1.54, 1.807) is 31.0 Å². The lowest BCUT2D eigenvalue weighted by atomic mass is 10.1. The van der Waals surface area contributed by atoms with E-state index in [0.717, 1.165) is 24.8 Å². The molecule has 178 valence electrons. The Labute approximate surface area is 195 Å². The standard InChI is InChI=1S/C23H25N5O6/c1-15-6-8-19(18(12-15)28(31)32)33-14-16-7-9-20(34-16)22(29)25-17-13-24-26(2)21(17)23(30)27-10-4-3-5-11-27/h6-9,12-13H,3-5,10-11,14H2,1-2H3,(H,25,29). The molecule has 0 aliphatic carbocycles. The molecule has 1 aliphatic rings. The third-order valence-electron chi connectivity index (χ3n) is 5.60. The van der Waals surface area contributed by atoms with Gasteiger partial charge in [0.05, 0.1) is 16.8 Å². The number of furan rings is 1. The smallest absolute Gasteiger partial charge is 0.311 e. The van der Waals surface area contributed by atoms with Gasteiger partial charge in [0.25, 0.3) is 11.8 Å². The molecular formula is C23H25N5O6. The molecule has 1 aromatic carbocycles. The molecule has 34 heavy (non-hydrogen) atoms. The van der Waals surface area contributed by atoms with E-state index in [0.29, 0.717) is 30.2 Å². The first kappa shape index (κ1) is 23.0.